The van der Waals surface area contributed by atoms with Crippen molar-refractivity contribution in [3.05, 3.63) is 59.6 Å². The molecule has 2 heterocycles. The van der Waals surface area contributed by atoms with Crippen molar-refractivity contribution in [1.29, 1.82) is 0 Å². The fourth-order valence-corrected chi connectivity index (χ4v) is 4.00. The van der Waals surface area contributed by atoms with Crippen molar-refractivity contribution in [2.45, 2.75) is 38.3 Å². The average molecular weight is 385 g/mol. The zero-order chi connectivity index (χ0) is 19.0. The molecule has 2 aliphatic rings. The van der Waals surface area contributed by atoms with E-state index < -0.39 is 12.0 Å². The van der Waals surface area contributed by atoms with Crippen LogP contribution < -0.4 is 9.96 Å². The standard InChI is InChI=1S/C21H21ClN2O3/c1-2-3-9-17-18-19(27-24(17)16-7-5-4-6-8-16)21(26)23(20(18)25)15-12-10-14(22)11-13-15/h4-8,10-13,17-19H,2-3,9H2,1H3/t17-,18+,19+/m1/s1. The fourth-order valence-electron chi connectivity index (χ4n) is 3.87. The van der Waals surface area contributed by atoms with Gasteiger partial charge in [-0.25, -0.2) is 9.96 Å². The number of carbonyl (C=O) groups excluding carboxylic acids is 2. The number of fused-ring (bicyclic) bond motifs is 1. The first kappa shape index (κ1) is 18.0. The van der Waals surface area contributed by atoms with Gasteiger partial charge in [0.2, 0.25) is 5.91 Å². The van der Waals surface area contributed by atoms with Gasteiger partial charge in [-0.1, -0.05) is 49.6 Å². The number of halogens is 1. The maximum atomic E-state index is 13.2. The smallest absolute Gasteiger partial charge is 0.266 e. The number of carbonyl (C=O) groups is 2. The lowest BCUT2D eigenvalue weighted by Gasteiger charge is -2.28. The van der Waals surface area contributed by atoms with Crippen molar-refractivity contribution >= 4 is 34.8 Å². The molecule has 0 N–H and O–H groups in total. The van der Waals surface area contributed by atoms with E-state index in [1.54, 1.807) is 29.3 Å². The molecular weight excluding hydrogens is 364 g/mol. The molecule has 2 saturated heterocycles. The Labute approximate surface area is 163 Å². The summed E-state index contributed by atoms with van der Waals surface area (Å²) in [7, 11) is 0. The number of imide groups is 1. The molecule has 5 nitrogen and oxygen atoms in total. The third-order valence-electron chi connectivity index (χ3n) is 5.19. The summed E-state index contributed by atoms with van der Waals surface area (Å²) < 4.78 is 0. The van der Waals surface area contributed by atoms with Crippen LogP contribution in [0, 0.1) is 5.92 Å². The number of hydroxylamine groups is 1. The highest BCUT2D eigenvalue weighted by atomic mass is 35.5. The quantitative estimate of drug-likeness (QED) is 0.724. The van der Waals surface area contributed by atoms with Gasteiger partial charge in [0, 0.05) is 5.02 Å². The molecule has 6 heteroatoms. The molecule has 2 amide bonds. The summed E-state index contributed by atoms with van der Waals surface area (Å²) in [5.74, 6) is -1.01. The molecule has 3 atom stereocenters. The van der Waals surface area contributed by atoms with E-state index in [1.165, 1.54) is 4.90 Å². The highest BCUT2D eigenvalue weighted by Crippen LogP contribution is 2.42. The number of hydrogen-bond acceptors (Lipinski definition) is 4. The van der Waals surface area contributed by atoms with Crippen LogP contribution in [0.2, 0.25) is 5.02 Å². The predicted octanol–water partition coefficient (Wildman–Crippen LogP) is 4.21. The molecule has 0 spiro atoms. The molecule has 0 radical (unpaired) electrons. The minimum absolute atomic E-state index is 0.161. The molecule has 0 unspecified atom stereocenters. The molecule has 2 fully saturated rings. The Morgan fingerprint density at radius 2 is 1.67 bits per heavy atom. The summed E-state index contributed by atoms with van der Waals surface area (Å²) in [6, 6.07) is 16.2. The van der Waals surface area contributed by atoms with Gasteiger partial charge < -0.3 is 0 Å². The van der Waals surface area contributed by atoms with Crippen molar-refractivity contribution in [3.63, 3.8) is 0 Å². The van der Waals surface area contributed by atoms with Crippen LogP contribution >= 0.6 is 11.6 Å². The predicted molar refractivity (Wildman–Crippen MR) is 105 cm³/mol. The van der Waals surface area contributed by atoms with Gasteiger partial charge in [0.1, 0.15) is 0 Å². The number of nitrogens with zero attached hydrogens (tertiary/aromatic N) is 2. The SMILES string of the molecule is CCCC[C@@H]1[C@@H]2C(=O)N(c3ccc(Cl)cc3)C(=O)[C@H]2ON1c1ccccc1. The van der Waals surface area contributed by atoms with Crippen LogP contribution in [0.15, 0.2) is 54.6 Å². The number of benzene rings is 2. The summed E-state index contributed by atoms with van der Waals surface area (Å²) in [6.07, 6.45) is 1.98. The lowest BCUT2D eigenvalue weighted by molar-refractivity contribution is -0.126. The number of para-hydroxylation sites is 1. The Balaban J connectivity index is 1.66. The van der Waals surface area contributed by atoms with Crippen molar-refractivity contribution in [1.82, 2.24) is 0 Å². The van der Waals surface area contributed by atoms with Crippen LogP contribution in [-0.4, -0.2) is 24.0 Å². The number of rotatable bonds is 5. The van der Waals surface area contributed by atoms with Gasteiger partial charge in [0.05, 0.1) is 23.3 Å². The summed E-state index contributed by atoms with van der Waals surface area (Å²) in [4.78, 5) is 33.5. The highest BCUT2D eigenvalue weighted by molar-refractivity contribution is 6.31. The molecule has 2 aromatic carbocycles. The van der Waals surface area contributed by atoms with E-state index in [-0.39, 0.29) is 17.9 Å². The summed E-state index contributed by atoms with van der Waals surface area (Å²) in [5.41, 5.74) is 1.40. The van der Waals surface area contributed by atoms with Crippen LogP contribution in [0.4, 0.5) is 11.4 Å². The second-order valence-electron chi connectivity index (χ2n) is 6.91. The Morgan fingerprint density at radius 1 is 0.963 bits per heavy atom. The van der Waals surface area contributed by atoms with Crippen LogP contribution in [0.3, 0.4) is 0 Å². The summed E-state index contributed by atoms with van der Waals surface area (Å²) in [6.45, 7) is 2.11. The van der Waals surface area contributed by atoms with E-state index in [1.807, 2.05) is 30.3 Å². The van der Waals surface area contributed by atoms with Gasteiger partial charge in [-0.2, -0.15) is 0 Å². The fraction of sp³-hybridized carbons (Fsp3) is 0.333. The van der Waals surface area contributed by atoms with Crippen molar-refractivity contribution in [2.75, 3.05) is 9.96 Å². The lowest BCUT2D eigenvalue weighted by atomic mass is 9.92. The molecule has 2 aromatic rings. The maximum Gasteiger partial charge on any atom is 0.266 e. The molecule has 0 saturated carbocycles. The monoisotopic (exact) mass is 384 g/mol. The highest BCUT2D eigenvalue weighted by Gasteiger charge is 2.59. The molecule has 0 aliphatic carbocycles. The van der Waals surface area contributed by atoms with Gasteiger partial charge in [-0.05, 0) is 42.8 Å². The molecule has 27 heavy (non-hydrogen) atoms. The number of amides is 2. The first-order valence-electron chi connectivity index (χ1n) is 9.26. The molecule has 4 rings (SSSR count). The van der Waals surface area contributed by atoms with Crippen molar-refractivity contribution in [3.8, 4) is 0 Å². The summed E-state index contributed by atoms with van der Waals surface area (Å²) >= 11 is 5.93. The minimum atomic E-state index is -0.782. The zero-order valence-electron chi connectivity index (χ0n) is 15.0. The van der Waals surface area contributed by atoms with Gasteiger partial charge in [0.25, 0.3) is 5.91 Å². The van der Waals surface area contributed by atoms with Crippen molar-refractivity contribution in [2.24, 2.45) is 5.92 Å². The van der Waals surface area contributed by atoms with Gasteiger partial charge >= 0.3 is 0 Å². The van der Waals surface area contributed by atoms with Crippen LogP contribution in [0.5, 0.6) is 0 Å². The van der Waals surface area contributed by atoms with Crippen LogP contribution in [-0.2, 0) is 14.4 Å². The van der Waals surface area contributed by atoms with E-state index in [0.29, 0.717) is 10.7 Å². The van der Waals surface area contributed by atoms with E-state index >= 15 is 0 Å². The molecule has 2 aliphatic heterocycles. The number of hydrogen-bond donors (Lipinski definition) is 0. The van der Waals surface area contributed by atoms with Gasteiger partial charge in [-0.15, -0.1) is 0 Å². The first-order chi connectivity index (χ1) is 13.1. The minimum Gasteiger partial charge on any atom is -0.273 e. The van der Waals surface area contributed by atoms with E-state index in [9.17, 15) is 9.59 Å². The molecule has 0 aromatic heterocycles. The first-order valence-corrected chi connectivity index (χ1v) is 9.64. The number of anilines is 2. The van der Waals surface area contributed by atoms with Gasteiger partial charge in [0.15, 0.2) is 6.10 Å². The molecule has 140 valence electrons. The van der Waals surface area contributed by atoms with E-state index in [4.69, 9.17) is 16.4 Å². The third kappa shape index (κ3) is 3.11. The maximum absolute atomic E-state index is 13.2. The molecule has 0 bridgehead atoms. The Kier molecular flexibility index (Phi) is 4.89. The lowest BCUT2D eigenvalue weighted by Crippen LogP contribution is -2.40. The van der Waals surface area contributed by atoms with Crippen LogP contribution in [0.1, 0.15) is 26.2 Å². The second-order valence-corrected chi connectivity index (χ2v) is 7.35. The Morgan fingerprint density at radius 3 is 2.33 bits per heavy atom. The topological polar surface area (TPSA) is 49.9 Å². The third-order valence-corrected chi connectivity index (χ3v) is 5.44. The Hall–Kier alpha value is -2.37. The summed E-state index contributed by atoms with van der Waals surface area (Å²) in [5, 5.41) is 2.32. The second kappa shape index (κ2) is 7.33. The van der Waals surface area contributed by atoms with E-state index in [2.05, 4.69) is 6.92 Å². The Bertz CT molecular complexity index is 840. The average Bonchev–Trinajstić information content (AvgIpc) is 3.18. The van der Waals surface area contributed by atoms with Crippen LogP contribution in [0.25, 0.3) is 0 Å². The largest absolute Gasteiger partial charge is 0.273 e. The van der Waals surface area contributed by atoms with E-state index in [0.717, 1.165) is 24.9 Å². The normalized spacial score (nSPS) is 24.6. The van der Waals surface area contributed by atoms with Crippen molar-refractivity contribution < 1.29 is 14.4 Å². The zero-order valence-corrected chi connectivity index (χ0v) is 15.8. The number of unbranched alkanes of at least 4 members (excludes halogenated alkanes) is 1. The molecular formula is C21H21ClN2O3. The van der Waals surface area contributed by atoms with Gasteiger partial charge in [-0.3, -0.25) is 14.4 Å².